The number of carboxylic acids is 1. The number of hydrogen-bond acceptors (Lipinski definition) is 4. The number of rotatable bonds is 13. The van der Waals surface area contributed by atoms with E-state index in [1.807, 2.05) is 19.9 Å². The zero-order valence-electron chi connectivity index (χ0n) is 31.4. The Bertz CT molecular complexity index is 1390. The van der Waals surface area contributed by atoms with Gasteiger partial charge in [0.15, 0.2) is 6.61 Å². The monoisotopic (exact) mass is 634 g/mol. The first kappa shape index (κ1) is 40.6. The molecule has 0 bridgehead atoms. The lowest BCUT2D eigenvalue weighted by molar-refractivity contribution is -0.139. The quantitative estimate of drug-likeness (QED) is 0.175. The summed E-state index contributed by atoms with van der Waals surface area (Å²) in [4.78, 5) is 11.8. The van der Waals surface area contributed by atoms with Gasteiger partial charge in [-0.15, -0.1) is 0 Å². The lowest BCUT2D eigenvalue weighted by Gasteiger charge is -2.27. The van der Waals surface area contributed by atoms with Gasteiger partial charge in [0.05, 0.1) is 14.2 Å². The Morgan fingerprint density at radius 3 is 1.70 bits per heavy atom. The van der Waals surface area contributed by atoms with Crippen molar-refractivity contribution in [2.24, 2.45) is 5.41 Å². The SMILES string of the molecule is C=C(OC)/C(=C\C(=C)C(C)(C)C)Cc1cc(C(C)(C)C)cc(Cc2cc(C(C)(C)C)cc(CCC)c2OC)c1OCC(=O)O.CC. The first-order valence-corrected chi connectivity index (χ1v) is 16.6. The summed E-state index contributed by atoms with van der Waals surface area (Å²) in [5, 5.41) is 9.65. The summed E-state index contributed by atoms with van der Waals surface area (Å²) in [6, 6.07) is 8.78. The molecular weight excluding hydrogens is 572 g/mol. The molecule has 0 aromatic heterocycles. The van der Waals surface area contributed by atoms with Crippen molar-refractivity contribution in [1.29, 1.82) is 0 Å². The predicted molar refractivity (Wildman–Crippen MR) is 195 cm³/mol. The highest BCUT2D eigenvalue weighted by molar-refractivity contribution is 5.69. The number of aryl methyl sites for hydroxylation is 1. The van der Waals surface area contributed by atoms with Gasteiger partial charge >= 0.3 is 5.97 Å². The van der Waals surface area contributed by atoms with Gasteiger partial charge in [0, 0.05) is 12.8 Å². The van der Waals surface area contributed by atoms with Crippen LogP contribution in [0.15, 0.2) is 60.4 Å². The van der Waals surface area contributed by atoms with Crippen LogP contribution in [0.5, 0.6) is 11.5 Å². The summed E-state index contributed by atoms with van der Waals surface area (Å²) in [7, 11) is 3.33. The van der Waals surface area contributed by atoms with Crippen LogP contribution in [0.1, 0.15) is 123 Å². The molecule has 0 radical (unpaired) electrons. The van der Waals surface area contributed by atoms with Gasteiger partial charge < -0.3 is 19.3 Å². The number of hydrogen-bond donors (Lipinski definition) is 1. The third-order valence-corrected chi connectivity index (χ3v) is 7.96. The Kier molecular flexibility index (Phi) is 14.9. The molecule has 5 heteroatoms. The second-order valence-electron chi connectivity index (χ2n) is 14.8. The third-order valence-electron chi connectivity index (χ3n) is 7.96. The van der Waals surface area contributed by atoms with Crippen molar-refractivity contribution in [2.45, 2.75) is 120 Å². The zero-order valence-corrected chi connectivity index (χ0v) is 31.4. The fourth-order valence-electron chi connectivity index (χ4n) is 5.00. The van der Waals surface area contributed by atoms with E-state index in [0.717, 1.165) is 52.0 Å². The maximum atomic E-state index is 11.8. The van der Waals surface area contributed by atoms with Crippen molar-refractivity contribution >= 4 is 5.97 Å². The summed E-state index contributed by atoms with van der Waals surface area (Å²) >= 11 is 0. The number of aliphatic carboxylic acids is 1. The second kappa shape index (κ2) is 16.9. The molecule has 0 amide bonds. The lowest BCUT2D eigenvalue weighted by Crippen LogP contribution is -2.17. The standard InChI is InChI=1S/C39H56O5.C2H6/c1-15-16-27-20-32(38(7,8)9)21-29(35(27)43-14)19-31-23-33(39(10,11)12)22-30(36(31)44-24-34(40)41)18-28(26(3)42-13)17-25(2)37(4,5)6;1-2/h17,20-23H,2-3,15-16,18-19,24H2,1,4-14H3,(H,40,41);1-2H3/b28-17-;. The highest BCUT2D eigenvalue weighted by atomic mass is 16.5. The topological polar surface area (TPSA) is 65.0 Å². The van der Waals surface area contributed by atoms with E-state index in [1.165, 1.54) is 11.1 Å². The van der Waals surface area contributed by atoms with E-state index in [1.54, 1.807) is 14.2 Å². The van der Waals surface area contributed by atoms with E-state index in [-0.39, 0.29) is 16.2 Å². The van der Waals surface area contributed by atoms with Crippen LogP contribution in [0.3, 0.4) is 0 Å². The molecule has 0 saturated heterocycles. The highest BCUT2D eigenvalue weighted by Crippen LogP contribution is 2.39. The molecule has 0 saturated carbocycles. The largest absolute Gasteiger partial charge is 0.497 e. The molecule has 256 valence electrons. The van der Waals surface area contributed by atoms with Crippen molar-refractivity contribution in [3.8, 4) is 11.5 Å². The van der Waals surface area contributed by atoms with E-state index in [2.05, 4.69) is 107 Å². The van der Waals surface area contributed by atoms with Crippen LogP contribution in [0.25, 0.3) is 0 Å². The van der Waals surface area contributed by atoms with Gasteiger partial charge in [-0.2, -0.15) is 0 Å². The number of methoxy groups -OCH3 is 2. The van der Waals surface area contributed by atoms with E-state index in [0.29, 0.717) is 24.4 Å². The molecule has 5 nitrogen and oxygen atoms in total. The summed E-state index contributed by atoms with van der Waals surface area (Å²) in [5.41, 5.74) is 7.82. The minimum absolute atomic E-state index is 0.0553. The molecule has 2 aromatic carbocycles. The van der Waals surface area contributed by atoms with Gasteiger partial charge in [-0.05, 0) is 67.2 Å². The van der Waals surface area contributed by atoms with Gasteiger partial charge in [0.25, 0.3) is 0 Å². The average Bonchev–Trinajstić information content (AvgIpc) is 2.95. The van der Waals surface area contributed by atoms with E-state index < -0.39 is 12.6 Å². The van der Waals surface area contributed by atoms with Gasteiger partial charge in [-0.3, -0.25) is 0 Å². The highest BCUT2D eigenvalue weighted by Gasteiger charge is 2.25. The fourth-order valence-corrected chi connectivity index (χ4v) is 5.00. The maximum absolute atomic E-state index is 11.8. The molecule has 0 aliphatic carbocycles. The molecule has 46 heavy (non-hydrogen) atoms. The number of carboxylic acid groups (broad SMARTS) is 1. The number of carbonyl (C=O) groups is 1. The molecule has 2 aromatic rings. The van der Waals surface area contributed by atoms with Crippen molar-refractivity contribution in [2.75, 3.05) is 20.8 Å². The van der Waals surface area contributed by atoms with Gasteiger partial charge in [-0.1, -0.05) is 133 Å². The smallest absolute Gasteiger partial charge is 0.341 e. The summed E-state index contributed by atoms with van der Waals surface area (Å²) in [6.45, 7) is 33.7. The minimum Gasteiger partial charge on any atom is -0.497 e. The first-order valence-electron chi connectivity index (χ1n) is 16.6. The molecule has 0 fully saturated rings. The molecule has 0 atom stereocenters. The Labute approximate surface area is 280 Å². The van der Waals surface area contributed by atoms with Gasteiger partial charge in [-0.25, -0.2) is 4.79 Å². The number of ether oxygens (including phenoxy) is 3. The molecule has 1 N–H and O–H groups in total. The van der Waals surface area contributed by atoms with Crippen molar-refractivity contribution < 1.29 is 24.1 Å². The Morgan fingerprint density at radius 2 is 1.28 bits per heavy atom. The van der Waals surface area contributed by atoms with Crippen LogP contribution in [-0.4, -0.2) is 31.9 Å². The molecule has 2 rings (SSSR count). The van der Waals surface area contributed by atoms with Crippen molar-refractivity contribution in [3.63, 3.8) is 0 Å². The van der Waals surface area contributed by atoms with Crippen molar-refractivity contribution in [1.82, 2.24) is 0 Å². The second-order valence-corrected chi connectivity index (χ2v) is 14.8. The lowest BCUT2D eigenvalue weighted by atomic mass is 9.81. The van der Waals surface area contributed by atoms with E-state index >= 15 is 0 Å². The Hall–Kier alpha value is -3.47. The predicted octanol–water partition coefficient (Wildman–Crippen LogP) is 10.6. The summed E-state index contributed by atoms with van der Waals surface area (Å²) < 4.78 is 17.8. The summed E-state index contributed by atoms with van der Waals surface area (Å²) in [6.07, 6.45) is 4.89. The summed E-state index contributed by atoms with van der Waals surface area (Å²) in [5.74, 6) is 0.946. The number of benzene rings is 2. The molecular formula is C41H62O5. The Morgan fingerprint density at radius 1 is 0.804 bits per heavy atom. The van der Waals surface area contributed by atoms with Crippen LogP contribution >= 0.6 is 0 Å². The first-order chi connectivity index (χ1) is 21.2. The van der Waals surface area contributed by atoms with E-state index in [9.17, 15) is 9.90 Å². The molecule has 0 aliphatic rings. The van der Waals surface area contributed by atoms with E-state index in [4.69, 9.17) is 14.2 Å². The molecule has 0 unspecified atom stereocenters. The van der Waals surface area contributed by atoms with Crippen LogP contribution in [0, 0.1) is 5.41 Å². The molecule has 0 heterocycles. The molecule has 0 aliphatic heterocycles. The van der Waals surface area contributed by atoms with Crippen molar-refractivity contribution in [3.05, 3.63) is 93.8 Å². The van der Waals surface area contributed by atoms with Crippen LogP contribution in [0.4, 0.5) is 0 Å². The van der Waals surface area contributed by atoms with Gasteiger partial charge in [0.2, 0.25) is 0 Å². The normalized spacial score (nSPS) is 12.2. The average molecular weight is 635 g/mol. The van der Waals surface area contributed by atoms with Crippen LogP contribution in [-0.2, 0) is 39.6 Å². The fraction of sp³-hybridized carbons (Fsp3) is 0.537. The minimum atomic E-state index is -1.03. The Balaban J connectivity index is 0.00000518. The van der Waals surface area contributed by atoms with Gasteiger partial charge in [0.1, 0.15) is 17.3 Å². The van der Waals surface area contributed by atoms with Crippen LogP contribution < -0.4 is 9.47 Å². The maximum Gasteiger partial charge on any atom is 0.341 e. The number of allylic oxidation sites excluding steroid dienone is 3. The van der Waals surface area contributed by atoms with Crippen LogP contribution in [0.2, 0.25) is 0 Å². The zero-order chi connectivity index (χ0) is 35.6. The third kappa shape index (κ3) is 11.4. The molecule has 0 spiro atoms.